The van der Waals surface area contributed by atoms with Gasteiger partial charge in [-0.2, -0.15) is 5.26 Å². The third-order valence-electron chi connectivity index (χ3n) is 7.24. The molecule has 40 heavy (non-hydrogen) atoms. The summed E-state index contributed by atoms with van der Waals surface area (Å²) in [5.41, 5.74) is 3.75. The topological polar surface area (TPSA) is 131 Å². The summed E-state index contributed by atoms with van der Waals surface area (Å²) in [4.78, 5) is 47.8. The van der Waals surface area contributed by atoms with Crippen molar-refractivity contribution in [2.45, 2.75) is 70.8 Å². The van der Waals surface area contributed by atoms with Crippen molar-refractivity contribution in [2.24, 2.45) is 0 Å². The summed E-state index contributed by atoms with van der Waals surface area (Å²) in [7, 11) is 1.58. The van der Waals surface area contributed by atoms with Crippen LogP contribution in [0.5, 0.6) is 0 Å². The fourth-order valence-electron chi connectivity index (χ4n) is 5.12. The van der Waals surface area contributed by atoms with Gasteiger partial charge in [-0.25, -0.2) is 9.78 Å². The molecule has 2 aromatic rings. The first-order valence-electron chi connectivity index (χ1n) is 13.9. The first-order valence-corrected chi connectivity index (χ1v) is 13.9. The fourth-order valence-corrected chi connectivity index (χ4v) is 5.12. The van der Waals surface area contributed by atoms with Crippen LogP contribution in [0.15, 0.2) is 30.5 Å². The van der Waals surface area contributed by atoms with Gasteiger partial charge in [-0.05, 0) is 88.5 Å². The van der Waals surface area contributed by atoms with Crippen LogP contribution in [0.1, 0.15) is 92.7 Å². The second-order valence-corrected chi connectivity index (χ2v) is 11.5. The van der Waals surface area contributed by atoms with E-state index in [-0.39, 0.29) is 29.9 Å². The Morgan fingerprint density at radius 2 is 1.98 bits per heavy atom. The minimum Gasteiger partial charge on any atom is -0.444 e. The largest absolute Gasteiger partial charge is 0.444 e. The van der Waals surface area contributed by atoms with Crippen molar-refractivity contribution in [3.05, 3.63) is 53.1 Å². The Labute approximate surface area is 235 Å². The molecular formula is C30H38N6O4. The molecule has 1 fully saturated rings. The van der Waals surface area contributed by atoms with Gasteiger partial charge in [0.1, 0.15) is 23.9 Å². The van der Waals surface area contributed by atoms with Crippen molar-refractivity contribution in [1.29, 1.82) is 5.26 Å². The van der Waals surface area contributed by atoms with Gasteiger partial charge in [-0.1, -0.05) is 12.1 Å². The Kier molecular flexibility index (Phi) is 8.93. The molecule has 1 aliphatic heterocycles. The molecule has 1 aliphatic carbocycles. The Balaban J connectivity index is 1.43. The van der Waals surface area contributed by atoms with E-state index in [9.17, 15) is 14.4 Å². The van der Waals surface area contributed by atoms with Crippen LogP contribution >= 0.6 is 0 Å². The number of aromatic nitrogens is 2. The number of hydrogen-bond donors (Lipinski definition) is 2. The number of H-pyrrole nitrogens is 1. The highest BCUT2D eigenvalue weighted by molar-refractivity contribution is 6.03. The van der Waals surface area contributed by atoms with Crippen LogP contribution < -0.4 is 5.32 Å². The molecule has 3 amide bonds. The van der Waals surface area contributed by atoms with E-state index in [0.717, 1.165) is 49.8 Å². The molecule has 1 saturated heterocycles. The lowest BCUT2D eigenvalue weighted by atomic mass is 9.85. The summed E-state index contributed by atoms with van der Waals surface area (Å²) < 4.78 is 5.36. The molecule has 0 radical (unpaired) electrons. The lowest BCUT2D eigenvalue weighted by molar-refractivity contribution is -0.133. The number of carbonyl (C=O) groups excluding carboxylic acids is 3. The number of allylic oxidation sites excluding steroid dienone is 2. The smallest absolute Gasteiger partial charge is 0.410 e. The van der Waals surface area contributed by atoms with Crippen molar-refractivity contribution < 1.29 is 19.1 Å². The van der Waals surface area contributed by atoms with Gasteiger partial charge in [-0.15, -0.1) is 0 Å². The summed E-state index contributed by atoms with van der Waals surface area (Å²) in [6.07, 6.45) is 8.93. The zero-order valence-electron chi connectivity index (χ0n) is 23.7. The first kappa shape index (κ1) is 28.9. The third kappa shape index (κ3) is 7.29. The Bertz CT molecular complexity index is 1320. The molecule has 0 atom stereocenters. The maximum absolute atomic E-state index is 12.9. The molecular weight excluding hydrogens is 508 g/mol. The summed E-state index contributed by atoms with van der Waals surface area (Å²) in [6, 6.07) is 8.11. The number of hydrogen-bond acceptors (Lipinski definition) is 6. The van der Waals surface area contributed by atoms with E-state index < -0.39 is 17.6 Å². The highest BCUT2D eigenvalue weighted by Gasteiger charge is 2.28. The van der Waals surface area contributed by atoms with Crippen molar-refractivity contribution >= 4 is 29.2 Å². The predicted molar refractivity (Wildman–Crippen MR) is 152 cm³/mol. The second-order valence-electron chi connectivity index (χ2n) is 11.5. The number of aromatic amines is 1. The van der Waals surface area contributed by atoms with Crippen molar-refractivity contribution in [3.8, 4) is 6.07 Å². The molecule has 2 aliphatic rings. The number of carbonyl (C=O) groups is 3. The third-order valence-corrected chi connectivity index (χ3v) is 7.24. The number of rotatable bonds is 6. The number of nitrogens with zero attached hydrogens (tertiary/aromatic N) is 4. The maximum Gasteiger partial charge on any atom is 0.410 e. The summed E-state index contributed by atoms with van der Waals surface area (Å²) >= 11 is 0. The zero-order valence-corrected chi connectivity index (χ0v) is 23.7. The monoisotopic (exact) mass is 546 g/mol. The maximum atomic E-state index is 12.9. The Morgan fingerprint density at radius 1 is 1.23 bits per heavy atom. The highest BCUT2D eigenvalue weighted by atomic mass is 16.6. The SMILES string of the molecule is CN(CC(=O)N1CCC(c2ccc(NC(=O)c3ncc(C#N)[nH]3)c(C3=CCCCC3)c2)CC1)C(=O)OC(C)(C)C. The lowest BCUT2D eigenvalue weighted by Gasteiger charge is -2.34. The van der Waals surface area contributed by atoms with Crippen LogP contribution in [0.3, 0.4) is 0 Å². The van der Waals surface area contributed by atoms with Crippen molar-refractivity contribution in [1.82, 2.24) is 19.8 Å². The van der Waals surface area contributed by atoms with Crippen LogP contribution in [0, 0.1) is 11.3 Å². The van der Waals surface area contributed by atoms with E-state index in [1.54, 1.807) is 27.8 Å². The van der Waals surface area contributed by atoms with Crippen LogP contribution in [-0.4, -0.2) is 70.0 Å². The fraction of sp³-hybridized carbons (Fsp3) is 0.500. The van der Waals surface area contributed by atoms with Gasteiger partial charge in [0.2, 0.25) is 5.91 Å². The van der Waals surface area contributed by atoms with Crippen LogP contribution in [0.2, 0.25) is 0 Å². The van der Waals surface area contributed by atoms with E-state index in [4.69, 9.17) is 10.00 Å². The quantitative estimate of drug-likeness (QED) is 0.520. The number of anilines is 1. The normalized spacial score (nSPS) is 16.1. The summed E-state index contributed by atoms with van der Waals surface area (Å²) in [5.74, 6) is -0.104. The predicted octanol–water partition coefficient (Wildman–Crippen LogP) is 5.06. The molecule has 1 aromatic carbocycles. The number of nitrogens with one attached hydrogen (secondary N) is 2. The molecule has 1 aromatic heterocycles. The molecule has 0 spiro atoms. The molecule has 2 heterocycles. The molecule has 0 unspecified atom stereocenters. The number of nitriles is 1. The molecule has 0 saturated carbocycles. The first-order chi connectivity index (χ1) is 19.0. The van der Waals surface area contributed by atoms with E-state index in [1.165, 1.54) is 22.2 Å². The average Bonchev–Trinajstić information content (AvgIpc) is 3.43. The highest BCUT2D eigenvalue weighted by Crippen LogP contribution is 2.36. The van der Waals surface area contributed by atoms with E-state index in [2.05, 4.69) is 27.4 Å². The van der Waals surface area contributed by atoms with Crippen molar-refractivity contribution in [2.75, 3.05) is 32.0 Å². The molecule has 10 nitrogen and oxygen atoms in total. The van der Waals surface area contributed by atoms with E-state index in [1.807, 2.05) is 23.1 Å². The number of imidazole rings is 1. The number of likely N-dealkylation sites (tertiary alicyclic amines) is 1. The number of amides is 3. The van der Waals surface area contributed by atoms with Gasteiger partial charge in [0.05, 0.1) is 6.20 Å². The van der Waals surface area contributed by atoms with E-state index >= 15 is 0 Å². The minimum absolute atomic E-state index is 0.0161. The van der Waals surface area contributed by atoms with E-state index in [0.29, 0.717) is 13.1 Å². The van der Waals surface area contributed by atoms with Crippen LogP contribution in [0.4, 0.5) is 10.5 Å². The Hall–Kier alpha value is -4.13. The lowest BCUT2D eigenvalue weighted by Crippen LogP contribution is -2.45. The molecule has 2 N–H and O–H groups in total. The number of piperidine rings is 1. The van der Waals surface area contributed by atoms with Gasteiger partial charge >= 0.3 is 6.09 Å². The summed E-state index contributed by atoms with van der Waals surface area (Å²) in [6.45, 7) is 6.60. The standard InChI is InChI=1S/C30H38N6O4/c1-30(2,3)40-29(39)35(4)19-26(37)36-14-12-20(13-15-36)22-10-11-25(24(16-22)21-8-6-5-7-9-21)34-28(38)27-32-18-23(17-31)33-27/h8,10-11,16,18,20H,5-7,9,12-15,19H2,1-4H3,(H,32,33)(H,34,38). The average molecular weight is 547 g/mol. The van der Waals surface area contributed by atoms with Crippen LogP contribution in [-0.2, 0) is 9.53 Å². The zero-order chi connectivity index (χ0) is 28.9. The molecule has 10 heteroatoms. The number of likely N-dealkylation sites (N-methyl/N-ethyl adjacent to an activating group) is 1. The van der Waals surface area contributed by atoms with Gasteiger partial charge in [0.25, 0.3) is 5.91 Å². The van der Waals surface area contributed by atoms with Gasteiger partial charge < -0.3 is 24.8 Å². The summed E-state index contributed by atoms with van der Waals surface area (Å²) in [5, 5.41) is 12.0. The minimum atomic E-state index is -0.614. The molecule has 0 bridgehead atoms. The number of benzene rings is 1. The molecule has 212 valence electrons. The molecule has 4 rings (SSSR count). The van der Waals surface area contributed by atoms with Crippen LogP contribution in [0.25, 0.3) is 5.57 Å². The van der Waals surface area contributed by atoms with Gasteiger partial charge in [-0.3, -0.25) is 9.59 Å². The second kappa shape index (κ2) is 12.4. The van der Waals surface area contributed by atoms with Gasteiger partial charge in [0.15, 0.2) is 5.82 Å². The number of ether oxygens (including phenoxy) is 1. The Morgan fingerprint density at radius 3 is 2.60 bits per heavy atom. The van der Waals surface area contributed by atoms with Gasteiger partial charge in [0, 0.05) is 31.4 Å². The van der Waals surface area contributed by atoms with Crippen molar-refractivity contribution in [3.63, 3.8) is 0 Å².